The molecule has 0 spiro atoms. The Balaban J connectivity index is 1.44. The predicted molar refractivity (Wildman–Crippen MR) is 108 cm³/mol. The molecular weight excluding hydrogens is 368 g/mol. The molecule has 1 fully saturated rings. The highest BCUT2D eigenvalue weighted by atomic mass is 16.6. The molecule has 0 saturated carbocycles. The first-order chi connectivity index (χ1) is 14.1. The lowest BCUT2D eigenvalue weighted by atomic mass is 10.0. The number of fused-ring (bicyclic) bond motifs is 2. The molecular formula is C22H24N4O3. The monoisotopic (exact) mass is 392 g/mol. The van der Waals surface area contributed by atoms with Crippen LogP contribution < -0.4 is 9.47 Å². The van der Waals surface area contributed by atoms with Crippen molar-refractivity contribution in [3.05, 3.63) is 47.8 Å². The summed E-state index contributed by atoms with van der Waals surface area (Å²) in [6.45, 7) is 5.99. The van der Waals surface area contributed by atoms with Crippen LogP contribution >= 0.6 is 0 Å². The third-order valence-electron chi connectivity index (χ3n) is 5.63. The second kappa shape index (κ2) is 7.06. The molecule has 5 rings (SSSR count). The van der Waals surface area contributed by atoms with Crippen molar-refractivity contribution in [2.24, 2.45) is 0 Å². The van der Waals surface area contributed by atoms with Gasteiger partial charge in [-0.05, 0) is 50.5 Å². The van der Waals surface area contributed by atoms with Crippen molar-refractivity contribution in [3.63, 3.8) is 0 Å². The van der Waals surface area contributed by atoms with Crippen LogP contribution in [0.15, 0.2) is 36.7 Å². The summed E-state index contributed by atoms with van der Waals surface area (Å²) >= 11 is 0. The van der Waals surface area contributed by atoms with E-state index < -0.39 is 0 Å². The Bertz CT molecular complexity index is 1080. The number of hydrogen-bond donors (Lipinski definition) is 0. The minimum absolute atomic E-state index is 0.00841. The van der Waals surface area contributed by atoms with Crippen molar-refractivity contribution < 1.29 is 14.3 Å². The summed E-state index contributed by atoms with van der Waals surface area (Å²) in [7, 11) is 0. The molecule has 0 N–H and O–H groups in total. The number of likely N-dealkylation sites (tertiary alicyclic amines) is 1. The van der Waals surface area contributed by atoms with Gasteiger partial charge < -0.3 is 14.4 Å². The third-order valence-corrected chi connectivity index (χ3v) is 5.63. The van der Waals surface area contributed by atoms with E-state index in [0.29, 0.717) is 18.8 Å². The molecule has 3 aromatic rings. The number of pyridine rings is 1. The van der Waals surface area contributed by atoms with Crippen LogP contribution in [0.3, 0.4) is 0 Å². The topological polar surface area (TPSA) is 69.5 Å². The molecule has 0 bridgehead atoms. The van der Waals surface area contributed by atoms with Crippen LogP contribution in [0.25, 0.3) is 11.0 Å². The Labute approximate surface area is 169 Å². The zero-order valence-corrected chi connectivity index (χ0v) is 16.7. The van der Waals surface area contributed by atoms with Gasteiger partial charge in [0.15, 0.2) is 17.1 Å². The molecule has 2 aromatic heterocycles. The number of aromatic nitrogens is 3. The van der Waals surface area contributed by atoms with E-state index in [4.69, 9.17) is 9.47 Å². The molecule has 2 aliphatic rings. The van der Waals surface area contributed by atoms with Crippen LogP contribution in [0, 0.1) is 0 Å². The number of ether oxygens (including phenoxy) is 2. The van der Waals surface area contributed by atoms with Gasteiger partial charge in [0, 0.05) is 24.2 Å². The lowest BCUT2D eigenvalue weighted by molar-refractivity contribution is 0.0735. The van der Waals surface area contributed by atoms with Crippen LogP contribution in [0.4, 0.5) is 0 Å². The normalized spacial score (nSPS) is 18.6. The van der Waals surface area contributed by atoms with Crippen molar-refractivity contribution in [2.75, 3.05) is 19.8 Å². The van der Waals surface area contributed by atoms with Crippen molar-refractivity contribution in [1.82, 2.24) is 19.7 Å². The lowest BCUT2D eigenvalue weighted by Crippen LogP contribution is -2.30. The first-order valence-corrected chi connectivity index (χ1v) is 10.2. The van der Waals surface area contributed by atoms with Gasteiger partial charge in [-0.25, -0.2) is 9.67 Å². The van der Waals surface area contributed by atoms with E-state index in [-0.39, 0.29) is 18.0 Å². The van der Waals surface area contributed by atoms with Crippen molar-refractivity contribution in [2.45, 2.75) is 38.8 Å². The van der Waals surface area contributed by atoms with Crippen LogP contribution in [0.1, 0.15) is 54.7 Å². The number of carbonyl (C=O) groups excluding carboxylic acids is 1. The predicted octanol–water partition coefficient (Wildman–Crippen LogP) is 3.76. The Morgan fingerprint density at radius 3 is 2.79 bits per heavy atom. The maximum atomic E-state index is 13.3. The first-order valence-electron chi connectivity index (χ1n) is 10.2. The summed E-state index contributed by atoms with van der Waals surface area (Å²) < 4.78 is 13.2. The molecule has 7 nitrogen and oxygen atoms in total. The summed E-state index contributed by atoms with van der Waals surface area (Å²) in [4.78, 5) is 19.8. The Morgan fingerprint density at radius 1 is 1.14 bits per heavy atom. The van der Waals surface area contributed by atoms with E-state index in [1.54, 1.807) is 12.4 Å². The lowest BCUT2D eigenvalue weighted by Gasteiger charge is -2.26. The van der Waals surface area contributed by atoms with Gasteiger partial charge in [0.25, 0.3) is 5.91 Å². The Kier molecular flexibility index (Phi) is 4.38. The molecule has 150 valence electrons. The van der Waals surface area contributed by atoms with Gasteiger partial charge in [-0.1, -0.05) is 6.07 Å². The van der Waals surface area contributed by atoms with E-state index in [9.17, 15) is 4.79 Å². The summed E-state index contributed by atoms with van der Waals surface area (Å²) in [5.41, 5.74) is 2.49. The highest BCUT2D eigenvalue weighted by Gasteiger charge is 2.32. The standard InChI is InChI=1S/C22H24N4O3/c1-14(2)26-21-16(13-24-26)10-17(12-23-21)22(27)25-7-3-4-18(25)15-5-6-19-20(11-15)29-9-8-28-19/h5-6,10-14,18H,3-4,7-9H2,1-2H3. The molecule has 1 amide bonds. The number of hydrogen-bond acceptors (Lipinski definition) is 5. The molecule has 4 heterocycles. The number of amides is 1. The fourth-order valence-corrected chi connectivity index (χ4v) is 4.22. The molecule has 7 heteroatoms. The van der Waals surface area contributed by atoms with Gasteiger partial charge in [-0.3, -0.25) is 4.79 Å². The van der Waals surface area contributed by atoms with Crippen LogP contribution in [0.5, 0.6) is 11.5 Å². The van der Waals surface area contributed by atoms with E-state index in [2.05, 4.69) is 23.9 Å². The van der Waals surface area contributed by atoms with E-state index in [0.717, 1.165) is 47.5 Å². The minimum atomic E-state index is 0.00841. The molecule has 1 aromatic carbocycles. The largest absolute Gasteiger partial charge is 0.486 e. The number of benzene rings is 1. The first kappa shape index (κ1) is 18.0. The Hall–Kier alpha value is -3.09. The highest BCUT2D eigenvalue weighted by Crippen LogP contribution is 2.38. The van der Waals surface area contributed by atoms with Gasteiger partial charge >= 0.3 is 0 Å². The molecule has 1 atom stereocenters. The van der Waals surface area contributed by atoms with Crippen molar-refractivity contribution >= 4 is 16.9 Å². The second-order valence-electron chi connectivity index (χ2n) is 7.88. The zero-order chi connectivity index (χ0) is 20.0. The van der Waals surface area contributed by atoms with Crippen LogP contribution in [0.2, 0.25) is 0 Å². The summed E-state index contributed by atoms with van der Waals surface area (Å²) in [5, 5.41) is 5.29. The van der Waals surface area contributed by atoms with Gasteiger partial charge in [0.1, 0.15) is 13.2 Å². The average molecular weight is 392 g/mol. The minimum Gasteiger partial charge on any atom is -0.486 e. The van der Waals surface area contributed by atoms with Gasteiger partial charge in [0.05, 0.1) is 17.8 Å². The molecule has 0 radical (unpaired) electrons. The Morgan fingerprint density at radius 2 is 1.97 bits per heavy atom. The quantitative estimate of drug-likeness (QED) is 0.679. The molecule has 0 aliphatic carbocycles. The zero-order valence-electron chi connectivity index (χ0n) is 16.7. The summed E-state index contributed by atoms with van der Waals surface area (Å²) in [6.07, 6.45) is 5.37. The fraction of sp³-hybridized carbons (Fsp3) is 0.409. The summed E-state index contributed by atoms with van der Waals surface area (Å²) in [5.74, 6) is 1.54. The molecule has 2 aliphatic heterocycles. The van der Waals surface area contributed by atoms with Gasteiger partial charge in [-0.2, -0.15) is 5.10 Å². The number of nitrogens with zero attached hydrogens (tertiary/aromatic N) is 4. The van der Waals surface area contributed by atoms with E-state index in [1.165, 1.54) is 0 Å². The summed E-state index contributed by atoms with van der Waals surface area (Å²) in [6, 6.07) is 8.15. The third kappa shape index (κ3) is 3.10. The highest BCUT2D eigenvalue weighted by molar-refractivity contribution is 5.97. The smallest absolute Gasteiger partial charge is 0.255 e. The van der Waals surface area contributed by atoms with E-state index >= 15 is 0 Å². The number of carbonyl (C=O) groups is 1. The molecule has 1 saturated heterocycles. The fourth-order valence-electron chi connectivity index (χ4n) is 4.22. The van der Waals surface area contributed by atoms with Gasteiger partial charge in [-0.15, -0.1) is 0 Å². The van der Waals surface area contributed by atoms with E-state index in [1.807, 2.05) is 33.8 Å². The van der Waals surface area contributed by atoms with Crippen molar-refractivity contribution in [3.8, 4) is 11.5 Å². The molecule has 29 heavy (non-hydrogen) atoms. The van der Waals surface area contributed by atoms with Gasteiger partial charge in [0.2, 0.25) is 0 Å². The SMILES string of the molecule is CC(C)n1ncc2cc(C(=O)N3CCCC3c3ccc4c(c3)OCCO4)cnc21. The molecule has 1 unspecified atom stereocenters. The number of rotatable bonds is 3. The average Bonchev–Trinajstić information content (AvgIpc) is 3.39. The van der Waals surface area contributed by atoms with Crippen LogP contribution in [-0.4, -0.2) is 45.3 Å². The maximum absolute atomic E-state index is 13.3. The van der Waals surface area contributed by atoms with Crippen LogP contribution in [-0.2, 0) is 0 Å². The maximum Gasteiger partial charge on any atom is 0.255 e. The van der Waals surface area contributed by atoms with Crippen molar-refractivity contribution in [1.29, 1.82) is 0 Å². The second-order valence-corrected chi connectivity index (χ2v) is 7.88.